The van der Waals surface area contributed by atoms with Crippen molar-refractivity contribution in [1.29, 1.82) is 0 Å². The second kappa shape index (κ2) is 4.36. The summed E-state index contributed by atoms with van der Waals surface area (Å²) in [5, 5.41) is 8.03. The SMILES string of the molecule is CN(C(C)(C)CO)S(=O)(=O)CS(C)(=O)=O. The molecule has 0 rings (SSSR count). The molecule has 0 aromatic heterocycles. The minimum atomic E-state index is -3.90. The maximum absolute atomic E-state index is 11.6. The van der Waals surface area contributed by atoms with Crippen molar-refractivity contribution in [1.82, 2.24) is 4.31 Å². The molecule has 0 aliphatic heterocycles. The molecule has 1 N–H and O–H groups in total. The van der Waals surface area contributed by atoms with Crippen LogP contribution in [-0.4, -0.2) is 56.8 Å². The molecule has 0 aliphatic rings. The van der Waals surface area contributed by atoms with Gasteiger partial charge in [-0.3, -0.25) is 0 Å². The van der Waals surface area contributed by atoms with Crippen LogP contribution in [0, 0.1) is 0 Å². The first kappa shape index (κ1) is 14.8. The van der Waals surface area contributed by atoms with Gasteiger partial charge in [0.1, 0.15) is 0 Å². The molecule has 0 amide bonds. The fraction of sp³-hybridized carbons (Fsp3) is 1.00. The lowest BCUT2D eigenvalue weighted by Gasteiger charge is -2.32. The number of likely N-dealkylation sites (N-methyl/N-ethyl adjacent to an activating group) is 1. The zero-order chi connectivity index (χ0) is 12.5. The third-order valence-corrected chi connectivity index (χ3v) is 6.25. The van der Waals surface area contributed by atoms with Crippen LogP contribution in [0.3, 0.4) is 0 Å². The van der Waals surface area contributed by atoms with E-state index in [0.717, 1.165) is 10.6 Å². The number of aliphatic hydroxyl groups is 1. The van der Waals surface area contributed by atoms with Crippen molar-refractivity contribution < 1.29 is 21.9 Å². The summed E-state index contributed by atoms with van der Waals surface area (Å²) in [5.74, 6) is 0. The van der Waals surface area contributed by atoms with E-state index in [4.69, 9.17) is 5.11 Å². The van der Waals surface area contributed by atoms with E-state index in [1.54, 1.807) is 0 Å². The van der Waals surface area contributed by atoms with Crippen molar-refractivity contribution in [3.05, 3.63) is 0 Å². The monoisotopic (exact) mass is 259 g/mol. The zero-order valence-corrected chi connectivity index (χ0v) is 10.9. The van der Waals surface area contributed by atoms with E-state index in [9.17, 15) is 16.8 Å². The van der Waals surface area contributed by atoms with E-state index in [1.807, 2.05) is 0 Å². The third-order valence-electron chi connectivity index (χ3n) is 2.02. The topological polar surface area (TPSA) is 91.8 Å². The van der Waals surface area contributed by atoms with E-state index < -0.39 is 30.5 Å². The van der Waals surface area contributed by atoms with Gasteiger partial charge in [-0.25, -0.2) is 16.8 Å². The summed E-state index contributed by atoms with van der Waals surface area (Å²) in [6.45, 7) is 2.63. The first-order valence-electron chi connectivity index (χ1n) is 4.18. The van der Waals surface area contributed by atoms with Crippen molar-refractivity contribution in [2.75, 3.05) is 25.0 Å². The third kappa shape index (κ3) is 4.45. The largest absolute Gasteiger partial charge is 0.394 e. The van der Waals surface area contributed by atoms with E-state index in [2.05, 4.69) is 0 Å². The minimum absolute atomic E-state index is 0.382. The number of nitrogens with zero attached hydrogens (tertiary/aromatic N) is 1. The second-order valence-corrected chi connectivity index (χ2v) is 8.60. The highest BCUT2D eigenvalue weighted by Crippen LogP contribution is 2.16. The Morgan fingerprint density at radius 1 is 1.20 bits per heavy atom. The van der Waals surface area contributed by atoms with Gasteiger partial charge in [0.15, 0.2) is 14.9 Å². The van der Waals surface area contributed by atoms with Crippen molar-refractivity contribution in [2.45, 2.75) is 19.4 Å². The van der Waals surface area contributed by atoms with Crippen LogP contribution in [0.2, 0.25) is 0 Å². The predicted molar refractivity (Wildman–Crippen MR) is 57.6 cm³/mol. The van der Waals surface area contributed by atoms with Crippen LogP contribution in [-0.2, 0) is 19.9 Å². The summed E-state index contributed by atoms with van der Waals surface area (Å²) in [7, 11) is -6.26. The van der Waals surface area contributed by atoms with Crippen LogP contribution in [0.1, 0.15) is 13.8 Å². The molecular formula is C7H17NO5S2. The fourth-order valence-corrected chi connectivity index (χ4v) is 4.43. The van der Waals surface area contributed by atoms with Crippen LogP contribution in [0.5, 0.6) is 0 Å². The number of rotatable bonds is 5. The minimum Gasteiger partial charge on any atom is -0.394 e. The number of hydrogen-bond donors (Lipinski definition) is 1. The van der Waals surface area contributed by atoms with Gasteiger partial charge in [-0.05, 0) is 13.8 Å². The molecule has 0 bridgehead atoms. The summed E-state index contributed by atoms with van der Waals surface area (Å²) in [6.07, 6.45) is 0.852. The second-order valence-electron chi connectivity index (χ2n) is 4.09. The molecule has 0 aromatic rings. The van der Waals surface area contributed by atoms with Crippen LogP contribution < -0.4 is 0 Å². The van der Waals surface area contributed by atoms with Crippen LogP contribution in [0.25, 0.3) is 0 Å². The highest BCUT2D eigenvalue weighted by Gasteiger charge is 2.34. The molecule has 8 heteroatoms. The molecule has 92 valence electrons. The molecule has 0 aliphatic carbocycles. The zero-order valence-electron chi connectivity index (χ0n) is 9.26. The lowest BCUT2D eigenvalue weighted by Crippen LogP contribution is -2.49. The van der Waals surface area contributed by atoms with Gasteiger partial charge >= 0.3 is 0 Å². The Hall–Kier alpha value is -0.180. The summed E-state index contributed by atoms with van der Waals surface area (Å²) < 4.78 is 45.8. The smallest absolute Gasteiger partial charge is 0.228 e. The maximum Gasteiger partial charge on any atom is 0.228 e. The predicted octanol–water partition coefficient (Wildman–Crippen LogP) is -0.979. The molecule has 0 saturated heterocycles. The Balaban J connectivity index is 5.08. The van der Waals surface area contributed by atoms with Gasteiger partial charge in [-0.15, -0.1) is 0 Å². The highest BCUT2D eigenvalue weighted by molar-refractivity contribution is 8.06. The van der Waals surface area contributed by atoms with Gasteiger partial charge in [0.2, 0.25) is 10.0 Å². The molecule has 6 nitrogen and oxygen atoms in total. The Morgan fingerprint density at radius 3 is 1.87 bits per heavy atom. The first-order chi connectivity index (χ1) is 6.42. The van der Waals surface area contributed by atoms with Gasteiger partial charge in [0, 0.05) is 13.3 Å². The van der Waals surface area contributed by atoms with Gasteiger partial charge in [0.05, 0.1) is 12.1 Å². The molecule has 0 spiro atoms. The highest BCUT2D eigenvalue weighted by atomic mass is 32.3. The van der Waals surface area contributed by atoms with E-state index in [1.165, 1.54) is 20.9 Å². The Bertz CT molecular complexity index is 409. The number of hydrogen-bond acceptors (Lipinski definition) is 5. The average molecular weight is 259 g/mol. The van der Waals surface area contributed by atoms with Crippen molar-refractivity contribution in [3.8, 4) is 0 Å². The van der Waals surface area contributed by atoms with Crippen molar-refractivity contribution in [2.24, 2.45) is 0 Å². The molecule has 0 atom stereocenters. The normalized spacial score (nSPS) is 14.5. The molecule has 0 saturated carbocycles. The summed E-state index contributed by atoms with van der Waals surface area (Å²) in [4.78, 5) is 0. The molecular weight excluding hydrogens is 242 g/mol. The van der Waals surface area contributed by atoms with Gasteiger partial charge in [0.25, 0.3) is 0 Å². The van der Waals surface area contributed by atoms with Crippen LogP contribution in [0.4, 0.5) is 0 Å². The van der Waals surface area contributed by atoms with Gasteiger partial charge < -0.3 is 5.11 Å². The molecule has 0 fully saturated rings. The molecule has 0 radical (unpaired) electrons. The quantitative estimate of drug-likeness (QED) is 0.685. The van der Waals surface area contributed by atoms with E-state index in [0.29, 0.717) is 0 Å². The molecule has 0 heterocycles. The molecule has 0 aromatic carbocycles. The lowest BCUT2D eigenvalue weighted by atomic mass is 10.1. The van der Waals surface area contributed by atoms with Gasteiger partial charge in [-0.1, -0.05) is 0 Å². The summed E-state index contributed by atoms with van der Waals surface area (Å²) >= 11 is 0. The average Bonchev–Trinajstić information content (AvgIpc) is 1.98. The Labute approximate surface area is 90.9 Å². The number of sulfonamides is 1. The molecule has 15 heavy (non-hydrogen) atoms. The Morgan fingerprint density at radius 2 is 1.60 bits per heavy atom. The van der Waals surface area contributed by atoms with Gasteiger partial charge in [-0.2, -0.15) is 4.31 Å². The summed E-state index contributed by atoms with van der Waals surface area (Å²) in [5.41, 5.74) is -1.01. The summed E-state index contributed by atoms with van der Waals surface area (Å²) in [6, 6.07) is 0. The molecule has 0 unspecified atom stereocenters. The van der Waals surface area contributed by atoms with Crippen molar-refractivity contribution >= 4 is 19.9 Å². The van der Waals surface area contributed by atoms with Crippen LogP contribution >= 0.6 is 0 Å². The fourth-order valence-electron chi connectivity index (χ4n) is 0.826. The van der Waals surface area contributed by atoms with E-state index >= 15 is 0 Å². The number of sulfone groups is 1. The van der Waals surface area contributed by atoms with E-state index in [-0.39, 0.29) is 6.61 Å². The van der Waals surface area contributed by atoms with Crippen LogP contribution in [0.15, 0.2) is 0 Å². The first-order valence-corrected chi connectivity index (χ1v) is 7.85. The number of aliphatic hydroxyl groups excluding tert-OH is 1. The lowest BCUT2D eigenvalue weighted by molar-refractivity contribution is 0.138. The Kier molecular flexibility index (Phi) is 4.31. The maximum atomic E-state index is 11.6. The van der Waals surface area contributed by atoms with Crippen molar-refractivity contribution in [3.63, 3.8) is 0 Å². The standard InChI is InChI=1S/C7H17NO5S2/c1-7(2,5-9)8(3)15(12,13)6-14(4,10)11/h9H,5-6H2,1-4H3.